The Morgan fingerprint density at radius 2 is 1.51 bits per heavy atom. The minimum Gasteiger partial charge on any atom is -0.497 e. The Labute approximate surface area is 203 Å². The molecule has 1 fully saturated rings. The number of hydrogen-bond acceptors (Lipinski definition) is 5. The third-order valence-electron chi connectivity index (χ3n) is 6.48. The molecule has 1 saturated heterocycles. The largest absolute Gasteiger partial charge is 0.497 e. The second-order valence-corrected chi connectivity index (χ2v) is 8.42. The number of anilines is 1. The summed E-state index contributed by atoms with van der Waals surface area (Å²) >= 11 is 0. The highest BCUT2D eigenvalue weighted by Gasteiger charge is 2.26. The monoisotopic (exact) mass is 469 g/mol. The molecule has 0 atom stereocenters. The number of methoxy groups -OCH3 is 2. The fraction of sp³-hybridized carbons (Fsp3) is 0.214. The minimum atomic E-state index is -0.175. The second kappa shape index (κ2) is 9.54. The van der Waals surface area contributed by atoms with E-state index in [1.165, 1.54) is 4.57 Å². The molecule has 4 aromatic rings. The van der Waals surface area contributed by atoms with Crippen LogP contribution >= 0.6 is 0 Å². The molecule has 35 heavy (non-hydrogen) atoms. The SMILES string of the molecule is COc1cccc(-n2cc(C(=O)N3CCN(c4ccccc4OC)CC3)c3ccccc3c2=O)c1. The molecule has 3 aromatic carbocycles. The maximum atomic E-state index is 13.7. The summed E-state index contributed by atoms with van der Waals surface area (Å²) in [5, 5.41) is 1.17. The molecule has 5 rings (SSSR count). The quantitative estimate of drug-likeness (QED) is 0.443. The molecule has 0 spiro atoms. The zero-order chi connectivity index (χ0) is 24.4. The number of rotatable bonds is 5. The number of amides is 1. The smallest absolute Gasteiger partial charge is 0.262 e. The summed E-state index contributed by atoms with van der Waals surface area (Å²) in [5.41, 5.74) is 2.01. The van der Waals surface area contributed by atoms with Crippen LogP contribution in [0, 0.1) is 0 Å². The van der Waals surface area contributed by atoms with E-state index < -0.39 is 0 Å². The number of hydrogen-bond donors (Lipinski definition) is 0. The topological polar surface area (TPSA) is 64.0 Å². The first kappa shape index (κ1) is 22.5. The van der Waals surface area contributed by atoms with Gasteiger partial charge < -0.3 is 19.3 Å². The van der Waals surface area contributed by atoms with E-state index in [0.717, 1.165) is 11.4 Å². The van der Waals surface area contributed by atoms with Crippen molar-refractivity contribution in [2.45, 2.75) is 0 Å². The van der Waals surface area contributed by atoms with Crippen molar-refractivity contribution in [1.29, 1.82) is 0 Å². The molecule has 0 saturated carbocycles. The first-order valence-electron chi connectivity index (χ1n) is 11.6. The van der Waals surface area contributed by atoms with E-state index >= 15 is 0 Å². The predicted molar refractivity (Wildman–Crippen MR) is 137 cm³/mol. The van der Waals surface area contributed by atoms with E-state index in [1.54, 1.807) is 32.5 Å². The van der Waals surface area contributed by atoms with Crippen LogP contribution in [0.15, 0.2) is 83.8 Å². The molecule has 0 N–H and O–H groups in total. The molecule has 1 aliphatic heterocycles. The van der Waals surface area contributed by atoms with Crippen molar-refractivity contribution in [3.05, 3.63) is 94.9 Å². The Bertz CT molecular complexity index is 1440. The van der Waals surface area contributed by atoms with Gasteiger partial charge in [-0.2, -0.15) is 0 Å². The molecule has 0 aliphatic carbocycles. The van der Waals surface area contributed by atoms with Gasteiger partial charge in [0.2, 0.25) is 0 Å². The molecule has 2 heterocycles. The predicted octanol–water partition coefficient (Wildman–Crippen LogP) is 3.97. The summed E-state index contributed by atoms with van der Waals surface area (Å²) in [6, 6.07) is 22.5. The Balaban J connectivity index is 1.48. The van der Waals surface area contributed by atoms with Gasteiger partial charge in [0.1, 0.15) is 11.5 Å². The third-order valence-corrected chi connectivity index (χ3v) is 6.48. The molecule has 1 aromatic heterocycles. The molecular weight excluding hydrogens is 442 g/mol. The Morgan fingerprint density at radius 1 is 0.800 bits per heavy atom. The van der Waals surface area contributed by atoms with Crippen LogP contribution in [-0.4, -0.2) is 55.8 Å². The van der Waals surface area contributed by atoms with Crippen molar-refractivity contribution in [3.8, 4) is 17.2 Å². The lowest BCUT2D eigenvalue weighted by Gasteiger charge is -2.36. The lowest BCUT2D eigenvalue weighted by Crippen LogP contribution is -2.49. The lowest BCUT2D eigenvalue weighted by molar-refractivity contribution is 0.0748. The van der Waals surface area contributed by atoms with E-state index in [0.29, 0.717) is 54.0 Å². The first-order chi connectivity index (χ1) is 17.1. The van der Waals surface area contributed by atoms with Gasteiger partial charge >= 0.3 is 0 Å². The molecule has 178 valence electrons. The van der Waals surface area contributed by atoms with E-state index in [-0.39, 0.29) is 11.5 Å². The highest BCUT2D eigenvalue weighted by Crippen LogP contribution is 2.29. The van der Waals surface area contributed by atoms with Crippen LogP contribution in [0.2, 0.25) is 0 Å². The molecule has 0 radical (unpaired) electrons. The van der Waals surface area contributed by atoms with Crippen molar-refractivity contribution in [1.82, 2.24) is 9.47 Å². The zero-order valence-corrected chi connectivity index (χ0v) is 19.8. The highest BCUT2D eigenvalue weighted by molar-refractivity contribution is 6.06. The molecule has 0 unspecified atom stereocenters. The van der Waals surface area contributed by atoms with Gasteiger partial charge in [0.05, 0.1) is 31.2 Å². The lowest BCUT2D eigenvalue weighted by atomic mass is 10.1. The summed E-state index contributed by atoms with van der Waals surface area (Å²) in [5.74, 6) is 1.38. The second-order valence-electron chi connectivity index (χ2n) is 8.42. The minimum absolute atomic E-state index is 0.0856. The average molecular weight is 470 g/mol. The van der Waals surface area contributed by atoms with Crippen LogP contribution in [-0.2, 0) is 0 Å². The molecule has 0 bridgehead atoms. The standard InChI is InChI=1S/C28H27N3O4/c1-34-21-9-7-8-20(18-21)31-19-24(22-10-3-4-11-23(22)28(31)33)27(32)30-16-14-29(15-17-30)25-12-5-6-13-26(25)35-2/h3-13,18-19H,14-17H2,1-2H3. The molecule has 7 heteroatoms. The maximum absolute atomic E-state index is 13.7. The summed E-state index contributed by atoms with van der Waals surface area (Å²) < 4.78 is 12.4. The number of aromatic nitrogens is 1. The summed E-state index contributed by atoms with van der Waals surface area (Å²) in [6.07, 6.45) is 1.66. The van der Waals surface area contributed by atoms with Gasteiger partial charge in [-0.1, -0.05) is 36.4 Å². The van der Waals surface area contributed by atoms with Crippen LogP contribution < -0.4 is 19.9 Å². The molecule has 1 aliphatic rings. The van der Waals surface area contributed by atoms with Gasteiger partial charge in [-0.25, -0.2) is 0 Å². The van der Waals surface area contributed by atoms with Crippen molar-refractivity contribution in [2.24, 2.45) is 0 Å². The Morgan fingerprint density at radius 3 is 2.26 bits per heavy atom. The summed E-state index contributed by atoms with van der Waals surface area (Å²) in [4.78, 5) is 31.1. The van der Waals surface area contributed by atoms with E-state index in [2.05, 4.69) is 4.90 Å². The number of ether oxygens (including phenoxy) is 2. The van der Waals surface area contributed by atoms with Crippen LogP contribution in [0.5, 0.6) is 11.5 Å². The number of fused-ring (bicyclic) bond motifs is 1. The highest BCUT2D eigenvalue weighted by atomic mass is 16.5. The number of carbonyl (C=O) groups excluding carboxylic acids is 1. The van der Waals surface area contributed by atoms with Crippen LogP contribution in [0.1, 0.15) is 10.4 Å². The van der Waals surface area contributed by atoms with Crippen molar-refractivity contribution < 1.29 is 14.3 Å². The number of piperazine rings is 1. The Hall–Kier alpha value is -4.26. The van der Waals surface area contributed by atoms with Gasteiger partial charge in [0, 0.05) is 49.2 Å². The molecule has 1 amide bonds. The molecular formula is C28H27N3O4. The van der Waals surface area contributed by atoms with Gasteiger partial charge in [-0.15, -0.1) is 0 Å². The number of pyridine rings is 1. The fourth-order valence-electron chi connectivity index (χ4n) is 4.63. The normalized spacial score (nSPS) is 13.7. The van der Waals surface area contributed by atoms with Crippen molar-refractivity contribution in [3.63, 3.8) is 0 Å². The fourth-order valence-corrected chi connectivity index (χ4v) is 4.63. The number of carbonyl (C=O) groups is 1. The van der Waals surface area contributed by atoms with Gasteiger partial charge in [0.15, 0.2) is 0 Å². The van der Waals surface area contributed by atoms with E-state index in [1.807, 2.05) is 65.6 Å². The van der Waals surface area contributed by atoms with E-state index in [4.69, 9.17) is 9.47 Å². The number of para-hydroxylation sites is 2. The third kappa shape index (κ3) is 4.21. The van der Waals surface area contributed by atoms with Crippen LogP contribution in [0.4, 0.5) is 5.69 Å². The average Bonchev–Trinajstić information content (AvgIpc) is 2.93. The van der Waals surface area contributed by atoms with Gasteiger partial charge in [-0.3, -0.25) is 14.2 Å². The number of nitrogens with zero attached hydrogens (tertiary/aromatic N) is 3. The maximum Gasteiger partial charge on any atom is 0.262 e. The summed E-state index contributed by atoms with van der Waals surface area (Å²) in [6.45, 7) is 2.53. The van der Waals surface area contributed by atoms with Crippen molar-refractivity contribution in [2.75, 3.05) is 45.3 Å². The van der Waals surface area contributed by atoms with Crippen molar-refractivity contribution >= 4 is 22.4 Å². The van der Waals surface area contributed by atoms with E-state index in [9.17, 15) is 9.59 Å². The van der Waals surface area contributed by atoms with Crippen LogP contribution in [0.25, 0.3) is 16.5 Å². The Kier molecular flexibility index (Phi) is 6.14. The zero-order valence-electron chi connectivity index (χ0n) is 19.8. The first-order valence-corrected chi connectivity index (χ1v) is 11.6. The summed E-state index contributed by atoms with van der Waals surface area (Å²) in [7, 11) is 3.25. The number of benzene rings is 3. The van der Waals surface area contributed by atoms with Crippen LogP contribution in [0.3, 0.4) is 0 Å². The van der Waals surface area contributed by atoms with Gasteiger partial charge in [-0.05, 0) is 30.3 Å². The van der Waals surface area contributed by atoms with Gasteiger partial charge in [0.25, 0.3) is 11.5 Å². The molecule has 7 nitrogen and oxygen atoms in total.